The summed E-state index contributed by atoms with van der Waals surface area (Å²) < 4.78 is 46.3. The van der Waals surface area contributed by atoms with Crippen molar-refractivity contribution in [2.45, 2.75) is 31.2 Å². The Morgan fingerprint density at radius 3 is 2.74 bits per heavy atom. The third kappa shape index (κ3) is 2.67. The molecule has 23 heavy (non-hydrogen) atoms. The molecule has 6 heteroatoms. The second-order valence-corrected chi connectivity index (χ2v) is 7.32. The molecule has 0 unspecified atom stereocenters. The van der Waals surface area contributed by atoms with Crippen molar-refractivity contribution >= 4 is 15.7 Å². The monoisotopic (exact) mass is 335 g/mol. The standard InChI is InChI=1S/C17H18FNO3S/c1-3-22-17-11-14(8-9-15(17)18)23(20,21)19-12(2)10-13-6-4-5-7-16(13)19/h4-9,11-12H,3,10H2,1-2H3/t12-/m0/s1. The number of hydrogen-bond donors (Lipinski definition) is 0. The summed E-state index contributed by atoms with van der Waals surface area (Å²) >= 11 is 0. The lowest BCUT2D eigenvalue weighted by atomic mass is 10.1. The average Bonchev–Trinajstić information content (AvgIpc) is 2.85. The van der Waals surface area contributed by atoms with Gasteiger partial charge in [0.2, 0.25) is 0 Å². The molecule has 0 saturated carbocycles. The van der Waals surface area contributed by atoms with E-state index in [1.807, 2.05) is 25.1 Å². The van der Waals surface area contributed by atoms with Crippen molar-refractivity contribution in [1.82, 2.24) is 0 Å². The number of ether oxygens (including phenoxy) is 1. The van der Waals surface area contributed by atoms with E-state index >= 15 is 0 Å². The van der Waals surface area contributed by atoms with Gasteiger partial charge in [-0.2, -0.15) is 0 Å². The number of sulfonamides is 1. The van der Waals surface area contributed by atoms with E-state index in [2.05, 4.69) is 0 Å². The largest absolute Gasteiger partial charge is 0.491 e. The molecule has 1 aliphatic rings. The highest BCUT2D eigenvalue weighted by molar-refractivity contribution is 7.92. The summed E-state index contributed by atoms with van der Waals surface area (Å²) in [5, 5.41) is 0. The van der Waals surface area contributed by atoms with Gasteiger partial charge in [0.1, 0.15) is 0 Å². The van der Waals surface area contributed by atoms with E-state index in [1.165, 1.54) is 16.4 Å². The van der Waals surface area contributed by atoms with Crippen molar-refractivity contribution in [1.29, 1.82) is 0 Å². The van der Waals surface area contributed by atoms with Crippen LogP contribution in [0.1, 0.15) is 19.4 Å². The zero-order valence-corrected chi connectivity index (χ0v) is 13.8. The van der Waals surface area contributed by atoms with Gasteiger partial charge in [0.15, 0.2) is 11.6 Å². The van der Waals surface area contributed by atoms with Gasteiger partial charge in [-0.25, -0.2) is 12.8 Å². The van der Waals surface area contributed by atoms with E-state index in [0.717, 1.165) is 11.6 Å². The maximum atomic E-state index is 13.7. The lowest BCUT2D eigenvalue weighted by Gasteiger charge is -2.24. The molecule has 0 saturated heterocycles. The second kappa shape index (κ2) is 5.85. The van der Waals surface area contributed by atoms with Crippen LogP contribution >= 0.6 is 0 Å². The molecule has 122 valence electrons. The first-order valence-electron chi connectivity index (χ1n) is 7.50. The van der Waals surface area contributed by atoms with Crippen molar-refractivity contribution in [3.05, 3.63) is 53.8 Å². The molecule has 0 radical (unpaired) electrons. The number of fused-ring (bicyclic) bond motifs is 1. The van der Waals surface area contributed by atoms with Crippen LogP contribution in [0.3, 0.4) is 0 Å². The second-order valence-electron chi connectivity index (χ2n) is 5.51. The molecule has 1 heterocycles. The quantitative estimate of drug-likeness (QED) is 0.861. The summed E-state index contributed by atoms with van der Waals surface area (Å²) in [5.41, 5.74) is 1.68. The molecular formula is C17H18FNO3S. The predicted octanol–water partition coefficient (Wildman–Crippen LogP) is 3.36. The Bertz CT molecular complexity index is 835. The first kappa shape index (κ1) is 15.8. The van der Waals surface area contributed by atoms with Gasteiger partial charge in [0.25, 0.3) is 10.0 Å². The lowest BCUT2D eigenvalue weighted by Crippen LogP contribution is -2.35. The number of nitrogens with zero attached hydrogens (tertiary/aromatic N) is 1. The maximum Gasteiger partial charge on any atom is 0.264 e. The topological polar surface area (TPSA) is 46.6 Å². The molecule has 0 fully saturated rings. The molecule has 1 aliphatic heterocycles. The summed E-state index contributed by atoms with van der Waals surface area (Å²) in [6, 6.07) is 10.9. The molecule has 2 aromatic rings. The Balaban J connectivity index is 2.07. The summed E-state index contributed by atoms with van der Waals surface area (Å²) in [7, 11) is -3.77. The minimum Gasteiger partial charge on any atom is -0.491 e. The highest BCUT2D eigenvalue weighted by Crippen LogP contribution is 2.37. The number of para-hydroxylation sites is 1. The maximum absolute atomic E-state index is 13.7. The van der Waals surface area contributed by atoms with Crippen LogP contribution in [0.15, 0.2) is 47.4 Å². The Morgan fingerprint density at radius 2 is 2.00 bits per heavy atom. The molecule has 4 nitrogen and oxygen atoms in total. The normalized spacial score (nSPS) is 17.2. The fourth-order valence-corrected chi connectivity index (χ4v) is 4.64. The fourth-order valence-electron chi connectivity index (χ4n) is 2.93. The highest BCUT2D eigenvalue weighted by atomic mass is 32.2. The Hall–Kier alpha value is -2.08. The lowest BCUT2D eigenvalue weighted by molar-refractivity contribution is 0.320. The van der Waals surface area contributed by atoms with Crippen LogP contribution in [0.2, 0.25) is 0 Å². The smallest absolute Gasteiger partial charge is 0.264 e. The van der Waals surface area contributed by atoms with Gasteiger partial charge >= 0.3 is 0 Å². The van der Waals surface area contributed by atoms with Gasteiger partial charge in [-0.1, -0.05) is 18.2 Å². The van der Waals surface area contributed by atoms with E-state index in [4.69, 9.17) is 4.74 Å². The van der Waals surface area contributed by atoms with Gasteiger partial charge in [0.05, 0.1) is 17.2 Å². The third-order valence-corrected chi connectivity index (χ3v) is 5.83. The van der Waals surface area contributed by atoms with Crippen LogP contribution in [0.5, 0.6) is 5.75 Å². The molecule has 0 aromatic heterocycles. The Kier molecular flexibility index (Phi) is 4.02. The van der Waals surface area contributed by atoms with Crippen LogP contribution in [-0.2, 0) is 16.4 Å². The molecule has 0 amide bonds. The predicted molar refractivity (Wildman–Crippen MR) is 86.8 cm³/mol. The van der Waals surface area contributed by atoms with Crippen LogP contribution in [0.4, 0.5) is 10.1 Å². The highest BCUT2D eigenvalue weighted by Gasteiger charge is 2.36. The van der Waals surface area contributed by atoms with Crippen LogP contribution < -0.4 is 9.04 Å². The molecule has 2 aromatic carbocycles. The van der Waals surface area contributed by atoms with Gasteiger partial charge in [-0.15, -0.1) is 0 Å². The summed E-state index contributed by atoms with van der Waals surface area (Å²) in [5.74, 6) is -0.616. The zero-order chi connectivity index (χ0) is 16.6. The number of benzene rings is 2. The van der Waals surface area contributed by atoms with Crippen molar-refractivity contribution in [3.8, 4) is 5.75 Å². The van der Waals surface area contributed by atoms with Crippen molar-refractivity contribution in [3.63, 3.8) is 0 Å². The summed E-state index contributed by atoms with van der Waals surface area (Å²) in [6.45, 7) is 3.85. The molecule has 1 atom stereocenters. The first-order chi connectivity index (χ1) is 10.9. The minimum absolute atomic E-state index is 0.0332. The SMILES string of the molecule is CCOc1cc(S(=O)(=O)N2c3ccccc3C[C@@H]2C)ccc1F. The van der Waals surface area contributed by atoms with Crippen LogP contribution in [0.25, 0.3) is 0 Å². The summed E-state index contributed by atoms with van der Waals surface area (Å²) in [4.78, 5) is 0.0332. The van der Waals surface area contributed by atoms with Crippen molar-refractivity contribution < 1.29 is 17.5 Å². The summed E-state index contributed by atoms with van der Waals surface area (Å²) in [6.07, 6.45) is 0.662. The number of hydrogen-bond acceptors (Lipinski definition) is 3. The van der Waals surface area contributed by atoms with Crippen molar-refractivity contribution in [2.75, 3.05) is 10.9 Å². The molecular weight excluding hydrogens is 317 g/mol. The molecule has 0 N–H and O–H groups in total. The minimum atomic E-state index is -3.77. The van der Waals surface area contributed by atoms with Gasteiger partial charge in [-0.05, 0) is 44.0 Å². The Labute approximate surface area is 135 Å². The molecule has 0 aliphatic carbocycles. The third-order valence-electron chi connectivity index (χ3n) is 3.90. The number of anilines is 1. The molecule has 0 bridgehead atoms. The Morgan fingerprint density at radius 1 is 1.26 bits per heavy atom. The van der Waals surface area contributed by atoms with Crippen molar-refractivity contribution in [2.24, 2.45) is 0 Å². The fraction of sp³-hybridized carbons (Fsp3) is 0.294. The van der Waals surface area contributed by atoms with Crippen LogP contribution in [0, 0.1) is 5.82 Å². The molecule has 3 rings (SSSR count). The van der Waals surface area contributed by atoms with E-state index in [9.17, 15) is 12.8 Å². The van der Waals surface area contributed by atoms with Gasteiger partial charge < -0.3 is 4.74 Å². The number of rotatable bonds is 4. The van der Waals surface area contributed by atoms with E-state index < -0.39 is 15.8 Å². The first-order valence-corrected chi connectivity index (χ1v) is 8.94. The zero-order valence-electron chi connectivity index (χ0n) is 13.0. The van der Waals surface area contributed by atoms with E-state index in [0.29, 0.717) is 12.1 Å². The van der Waals surface area contributed by atoms with E-state index in [-0.39, 0.29) is 23.3 Å². The van der Waals surface area contributed by atoms with Gasteiger partial charge in [0, 0.05) is 12.1 Å². The van der Waals surface area contributed by atoms with Crippen LogP contribution in [-0.4, -0.2) is 21.1 Å². The van der Waals surface area contributed by atoms with E-state index in [1.54, 1.807) is 13.0 Å². The molecule has 0 spiro atoms. The average molecular weight is 335 g/mol. The number of halogens is 1. The van der Waals surface area contributed by atoms with Gasteiger partial charge in [-0.3, -0.25) is 4.31 Å².